The summed E-state index contributed by atoms with van der Waals surface area (Å²) in [6, 6.07) is 53.4. The number of hydrogen-bond acceptors (Lipinski definition) is 6. The highest BCUT2D eigenvalue weighted by Gasteiger charge is 2.22. The molecule has 0 saturated heterocycles. The molecule has 0 aliphatic heterocycles. The van der Waals surface area contributed by atoms with E-state index in [4.69, 9.17) is 0 Å². The van der Waals surface area contributed by atoms with Crippen molar-refractivity contribution in [3.8, 4) is 0 Å². The first-order valence-electron chi connectivity index (χ1n) is 24.6. The van der Waals surface area contributed by atoms with E-state index in [2.05, 4.69) is 41.5 Å². The van der Waals surface area contributed by atoms with Gasteiger partial charge in [0.05, 0.1) is 16.6 Å². The Labute approximate surface area is 445 Å². The molecule has 0 saturated carbocycles. The van der Waals surface area contributed by atoms with E-state index in [0.717, 1.165) is 63.9 Å². The van der Waals surface area contributed by atoms with Gasteiger partial charge >= 0.3 is 18.3 Å². The van der Waals surface area contributed by atoms with E-state index in [9.17, 15) is 44.1 Å². The van der Waals surface area contributed by atoms with Crippen LogP contribution in [0.3, 0.4) is 0 Å². The molecule has 12 nitrogen and oxygen atoms in total. The number of pyridine rings is 3. The van der Waals surface area contributed by atoms with Crippen LogP contribution in [0.2, 0.25) is 0 Å². The third kappa shape index (κ3) is 16.4. The van der Waals surface area contributed by atoms with Crippen LogP contribution in [0.15, 0.2) is 190 Å². The summed E-state index contributed by atoms with van der Waals surface area (Å²) in [6.45, 7) is 17.1. The Morgan fingerprint density at radius 2 is 0.684 bits per heavy atom. The Morgan fingerprint density at radius 1 is 0.395 bits per heavy atom. The van der Waals surface area contributed by atoms with Crippen molar-refractivity contribution in [2.45, 2.75) is 95.4 Å². The molecule has 0 spiro atoms. The molecule has 0 aliphatic rings. The summed E-state index contributed by atoms with van der Waals surface area (Å²) < 4.78 is 2.49. The molecular formula is C64H73N3O9. The fourth-order valence-corrected chi connectivity index (χ4v) is 8.13. The van der Waals surface area contributed by atoms with Gasteiger partial charge in [-0.2, -0.15) is 0 Å². The van der Waals surface area contributed by atoms with E-state index in [-0.39, 0.29) is 20.8 Å². The molecule has 0 unspecified atom stereocenters. The molecule has 3 aromatic heterocycles. The van der Waals surface area contributed by atoms with Gasteiger partial charge in [-0.05, 0) is 81.1 Å². The SMILES string of the molecule is C.C.CC(C)C.CC(C)C.CC(C)c1c(Cc2ccccc2)c(=O)n(C(=O)O)c2ccccc12.O=C(O)n1c(=O)c(Cc2ccccc2)cc2ccccc21.O=C(O)n1c(=O)c(Cc2ccccc2)cc2ccccc21. The monoisotopic (exact) mass is 1030 g/mol. The van der Waals surface area contributed by atoms with Crippen molar-refractivity contribution in [3.63, 3.8) is 0 Å². The predicted molar refractivity (Wildman–Crippen MR) is 311 cm³/mol. The second kappa shape index (κ2) is 29.3. The number of para-hydroxylation sites is 3. The molecule has 0 radical (unpaired) electrons. The van der Waals surface area contributed by atoms with Crippen LogP contribution < -0.4 is 16.7 Å². The van der Waals surface area contributed by atoms with Crippen molar-refractivity contribution < 1.29 is 29.7 Å². The van der Waals surface area contributed by atoms with Gasteiger partial charge in [-0.15, -0.1) is 0 Å². The number of aromatic nitrogens is 3. The fraction of sp³-hybridized carbons (Fsp3) is 0.250. The number of rotatable bonds is 7. The molecule has 9 rings (SSSR count). The fourth-order valence-electron chi connectivity index (χ4n) is 8.13. The number of hydrogen-bond donors (Lipinski definition) is 3. The van der Waals surface area contributed by atoms with Crippen LogP contribution in [0.5, 0.6) is 0 Å². The van der Waals surface area contributed by atoms with Crippen molar-refractivity contribution in [2.75, 3.05) is 0 Å². The first-order chi connectivity index (χ1) is 35.3. The zero-order chi connectivity index (χ0) is 54.1. The van der Waals surface area contributed by atoms with Gasteiger partial charge in [-0.1, -0.05) is 216 Å². The highest BCUT2D eigenvalue weighted by atomic mass is 16.4. The predicted octanol–water partition coefficient (Wildman–Crippen LogP) is 15.1. The Kier molecular flexibility index (Phi) is 23.8. The summed E-state index contributed by atoms with van der Waals surface area (Å²) in [6.07, 6.45) is -2.51. The first kappa shape index (κ1) is 61.7. The summed E-state index contributed by atoms with van der Waals surface area (Å²) in [5.41, 5.74) is 5.21. The molecule has 0 bridgehead atoms. The lowest BCUT2D eigenvalue weighted by molar-refractivity contribution is 0.195. The average molecular weight is 1030 g/mol. The summed E-state index contributed by atoms with van der Waals surface area (Å²) >= 11 is 0. The number of carbonyl (C=O) groups is 3. The van der Waals surface area contributed by atoms with E-state index in [1.54, 1.807) is 48.5 Å². The largest absolute Gasteiger partial charge is 0.464 e. The van der Waals surface area contributed by atoms with Crippen LogP contribution in [-0.2, 0) is 19.3 Å². The lowest BCUT2D eigenvalue weighted by atomic mass is 9.90. The lowest BCUT2D eigenvalue weighted by Gasteiger charge is -2.18. The smallest absolute Gasteiger partial charge is 0.419 e. The van der Waals surface area contributed by atoms with E-state index < -0.39 is 35.0 Å². The second-order valence-electron chi connectivity index (χ2n) is 19.2. The van der Waals surface area contributed by atoms with Gasteiger partial charge in [0.2, 0.25) is 0 Å². The maximum atomic E-state index is 12.9. The van der Waals surface area contributed by atoms with Crippen LogP contribution in [0.1, 0.15) is 115 Å². The quantitative estimate of drug-likeness (QED) is 0.140. The second-order valence-corrected chi connectivity index (χ2v) is 19.2. The van der Waals surface area contributed by atoms with Crippen molar-refractivity contribution >= 4 is 51.0 Å². The van der Waals surface area contributed by atoms with E-state index in [0.29, 0.717) is 52.5 Å². The van der Waals surface area contributed by atoms with E-state index in [1.165, 1.54) is 0 Å². The Morgan fingerprint density at radius 3 is 1.03 bits per heavy atom. The van der Waals surface area contributed by atoms with Gasteiger partial charge in [0.15, 0.2) is 0 Å². The molecule has 398 valence electrons. The lowest BCUT2D eigenvalue weighted by Crippen LogP contribution is -2.31. The minimum absolute atomic E-state index is 0. The summed E-state index contributed by atoms with van der Waals surface area (Å²) in [5, 5.41) is 30.5. The molecule has 6 aromatic carbocycles. The zero-order valence-corrected chi connectivity index (χ0v) is 43.2. The number of nitrogens with zero attached hydrogens (tertiary/aromatic N) is 3. The van der Waals surface area contributed by atoms with Gasteiger partial charge < -0.3 is 15.3 Å². The number of benzene rings is 6. The van der Waals surface area contributed by atoms with Gasteiger partial charge in [0.25, 0.3) is 16.7 Å². The molecule has 3 heterocycles. The Balaban J connectivity index is 0.000000277. The molecule has 12 heteroatoms. The number of carboxylic acid groups (broad SMARTS) is 3. The van der Waals surface area contributed by atoms with Crippen molar-refractivity contribution in [2.24, 2.45) is 11.8 Å². The van der Waals surface area contributed by atoms with Crippen molar-refractivity contribution in [1.82, 2.24) is 13.7 Å². The zero-order valence-electron chi connectivity index (χ0n) is 43.2. The Hall–Kier alpha value is -8.64. The van der Waals surface area contributed by atoms with Crippen LogP contribution >= 0.6 is 0 Å². The minimum Gasteiger partial charge on any atom is -0.464 e. The Bertz CT molecular complexity index is 3360. The van der Waals surface area contributed by atoms with Gasteiger partial charge in [-0.25, -0.2) is 28.1 Å². The normalized spacial score (nSPS) is 10.4. The number of fused-ring (bicyclic) bond motifs is 3. The molecule has 9 aromatic rings. The molecular weight excluding hydrogens is 955 g/mol. The van der Waals surface area contributed by atoms with Gasteiger partial charge in [-0.3, -0.25) is 14.4 Å². The van der Waals surface area contributed by atoms with Gasteiger partial charge in [0, 0.05) is 41.3 Å². The molecule has 76 heavy (non-hydrogen) atoms. The van der Waals surface area contributed by atoms with Crippen molar-refractivity contribution in [1.29, 1.82) is 0 Å². The van der Waals surface area contributed by atoms with Crippen LogP contribution in [0.4, 0.5) is 14.4 Å². The summed E-state index contributed by atoms with van der Waals surface area (Å²) in [5.74, 6) is 1.78. The molecule has 0 aliphatic carbocycles. The summed E-state index contributed by atoms with van der Waals surface area (Å²) in [7, 11) is 0. The maximum absolute atomic E-state index is 12.9. The molecule has 0 fully saturated rings. The van der Waals surface area contributed by atoms with Crippen LogP contribution in [0.25, 0.3) is 32.7 Å². The highest BCUT2D eigenvalue weighted by Crippen LogP contribution is 2.28. The highest BCUT2D eigenvalue weighted by molar-refractivity contribution is 5.91. The van der Waals surface area contributed by atoms with Crippen LogP contribution in [0, 0.1) is 11.8 Å². The molecule has 0 amide bonds. The molecule has 0 atom stereocenters. The van der Waals surface area contributed by atoms with Crippen molar-refractivity contribution in [3.05, 3.63) is 246 Å². The summed E-state index contributed by atoms with van der Waals surface area (Å²) in [4.78, 5) is 72.2. The van der Waals surface area contributed by atoms with Gasteiger partial charge in [0.1, 0.15) is 0 Å². The third-order valence-electron chi connectivity index (χ3n) is 11.0. The minimum atomic E-state index is -1.26. The standard InChI is InChI=1S/C20H19NO3.2C17H13NO3.2C4H10.2CH4/c1-13(2)18-15-10-6-7-11-17(15)21(20(23)24)19(22)16(18)12-14-8-4-3-5-9-14;2*19-16-14(10-12-6-2-1-3-7-12)11-13-8-4-5-9-15(13)18(16)17(20)21;2*1-4(2)3;;/h3-11,13H,12H2,1-2H3,(H,23,24);2*1-9,11H,10H2,(H,20,21);2*4H,1-3H3;2*1H4. The third-order valence-corrected chi connectivity index (χ3v) is 11.0. The first-order valence-corrected chi connectivity index (χ1v) is 24.6. The van der Waals surface area contributed by atoms with E-state index >= 15 is 0 Å². The molecule has 3 N–H and O–H groups in total. The van der Waals surface area contributed by atoms with E-state index in [1.807, 2.05) is 141 Å². The average Bonchev–Trinajstić information content (AvgIpc) is 3.35. The topological polar surface area (TPSA) is 178 Å². The maximum Gasteiger partial charge on any atom is 0.419 e. The van der Waals surface area contributed by atoms with Crippen LogP contribution in [-0.4, -0.2) is 47.3 Å².